The normalized spacial score (nSPS) is 11.3. The van der Waals surface area contributed by atoms with Gasteiger partial charge in [-0.15, -0.1) is 0 Å². The van der Waals surface area contributed by atoms with Crippen LogP contribution in [0.5, 0.6) is 23.0 Å². The molecule has 254 valence electrons. The van der Waals surface area contributed by atoms with E-state index in [2.05, 4.69) is 0 Å². The number of hydrogen-bond donors (Lipinski definition) is 2. The van der Waals surface area contributed by atoms with Crippen molar-refractivity contribution in [3.05, 3.63) is 145 Å². The Morgan fingerprint density at radius 1 is 0.423 bits per heavy atom. The van der Waals surface area contributed by atoms with Crippen molar-refractivity contribution in [2.24, 2.45) is 0 Å². The van der Waals surface area contributed by atoms with Gasteiger partial charge < -0.3 is 19.7 Å². The van der Waals surface area contributed by atoms with Crippen LogP contribution >= 0.6 is 0 Å². The molecule has 0 aliphatic heterocycles. The lowest BCUT2D eigenvalue weighted by molar-refractivity contribution is 0.111. The van der Waals surface area contributed by atoms with Gasteiger partial charge in [0, 0.05) is 22.3 Å². The van der Waals surface area contributed by atoms with E-state index in [9.17, 15) is 19.8 Å². The number of phenolic OH excluding ortho intramolecular Hbond substituents is 2. The Hall–Kier alpha value is -6.66. The summed E-state index contributed by atoms with van der Waals surface area (Å²) in [6, 6.07) is 42.5. The van der Waals surface area contributed by atoms with Gasteiger partial charge >= 0.3 is 0 Å². The van der Waals surface area contributed by atoms with Crippen LogP contribution in [0.1, 0.15) is 33.6 Å². The van der Waals surface area contributed by atoms with Gasteiger partial charge in [-0.25, -0.2) is 0 Å². The van der Waals surface area contributed by atoms with Crippen molar-refractivity contribution < 1.29 is 29.3 Å². The summed E-state index contributed by atoms with van der Waals surface area (Å²) in [7, 11) is 0. The van der Waals surface area contributed by atoms with Crippen LogP contribution in [-0.4, -0.2) is 36.0 Å². The van der Waals surface area contributed by atoms with E-state index in [0.717, 1.165) is 54.2 Å². The van der Waals surface area contributed by atoms with Gasteiger partial charge in [0.15, 0.2) is 12.6 Å². The Kier molecular flexibility index (Phi) is 8.71. The Morgan fingerprint density at radius 2 is 0.769 bits per heavy atom. The summed E-state index contributed by atoms with van der Waals surface area (Å²) in [5.74, 6) is 1.06. The molecular formula is C46H34O6. The lowest BCUT2D eigenvalue weighted by atomic mass is 9.90. The molecule has 0 saturated carbocycles. The second-order valence-electron chi connectivity index (χ2n) is 12.8. The number of ether oxygens (including phenoxy) is 2. The van der Waals surface area contributed by atoms with Gasteiger partial charge in [-0.1, -0.05) is 109 Å². The molecule has 8 aromatic carbocycles. The van der Waals surface area contributed by atoms with E-state index in [4.69, 9.17) is 9.47 Å². The molecule has 8 rings (SSSR count). The summed E-state index contributed by atoms with van der Waals surface area (Å²) >= 11 is 0. The number of carbonyl (C=O) groups excluding carboxylic acids is 2. The third-order valence-electron chi connectivity index (χ3n) is 9.69. The Bertz CT molecular complexity index is 2470. The molecule has 0 radical (unpaired) electrons. The third-order valence-corrected chi connectivity index (χ3v) is 9.69. The zero-order valence-electron chi connectivity index (χ0n) is 28.2. The molecule has 6 heteroatoms. The number of fused-ring (bicyclic) bond motifs is 4. The first kappa shape index (κ1) is 32.5. The van der Waals surface area contributed by atoms with Crippen LogP contribution in [0.2, 0.25) is 0 Å². The van der Waals surface area contributed by atoms with E-state index in [1.165, 1.54) is 0 Å². The van der Waals surface area contributed by atoms with E-state index in [0.29, 0.717) is 61.3 Å². The Labute approximate surface area is 300 Å². The number of phenols is 2. The first-order chi connectivity index (χ1) is 25.6. The standard InChI is InChI=1S/C46H34O6/c47-27-33-25-31-13-3-7-17-37(31)43(45(33)49)41-35-15-5-1-11-29(35)19-21-39(41)51-23-9-10-24-52-40-22-20-30-12-2-6-16-36(30)42(40)44-38-18-8-4-14-32(38)26-34(28-48)46(44)50/h1-8,11-22,25-28,49-50H,9-10,23-24H2. The molecule has 8 aromatic rings. The zero-order chi connectivity index (χ0) is 35.6. The molecule has 0 spiro atoms. The van der Waals surface area contributed by atoms with E-state index in [1.807, 2.05) is 121 Å². The minimum absolute atomic E-state index is 0.0769. The molecule has 0 heterocycles. The first-order valence-corrected chi connectivity index (χ1v) is 17.3. The molecule has 0 amide bonds. The second kappa shape index (κ2) is 13.9. The highest BCUT2D eigenvalue weighted by Gasteiger charge is 2.22. The number of benzene rings is 8. The number of rotatable bonds is 11. The lowest BCUT2D eigenvalue weighted by Gasteiger charge is -2.19. The minimum atomic E-state index is -0.0769. The van der Waals surface area contributed by atoms with Gasteiger partial charge in [0.1, 0.15) is 23.0 Å². The maximum Gasteiger partial charge on any atom is 0.153 e. The number of aromatic hydroxyl groups is 2. The fourth-order valence-electron chi connectivity index (χ4n) is 7.23. The molecule has 0 aliphatic rings. The van der Waals surface area contributed by atoms with Crippen LogP contribution in [0.15, 0.2) is 133 Å². The Balaban J connectivity index is 1.08. The fraction of sp³-hybridized carbons (Fsp3) is 0.0870. The monoisotopic (exact) mass is 682 g/mol. The molecule has 0 aliphatic carbocycles. The van der Waals surface area contributed by atoms with Crippen LogP contribution in [0.3, 0.4) is 0 Å². The lowest BCUT2D eigenvalue weighted by Crippen LogP contribution is -2.04. The largest absolute Gasteiger partial charge is 0.507 e. The molecule has 6 nitrogen and oxygen atoms in total. The predicted molar refractivity (Wildman–Crippen MR) is 208 cm³/mol. The molecule has 0 aromatic heterocycles. The van der Waals surface area contributed by atoms with Crippen molar-refractivity contribution in [3.63, 3.8) is 0 Å². The van der Waals surface area contributed by atoms with Crippen molar-refractivity contribution in [1.82, 2.24) is 0 Å². The van der Waals surface area contributed by atoms with Crippen LogP contribution in [0.4, 0.5) is 0 Å². The van der Waals surface area contributed by atoms with Gasteiger partial charge in [-0.2, -0.15) is 0 Å². The number of carbonyl (C=O) groups is 2. The van der Waals surface area contributed by atoms with Crippen molar-refractivity contribution in [1.29, 1.82) is 0 Å². The Morgan fingerprint density at radius 3 is 1.15 bits per heavy atom. The van der Waals surface area contributed by atoms with E-state index >= 15 is 0 Å². The highest BCUT2D eigenvalue weighted by atomic mass is 16.5. The summed E-state index contributed by atoms with van der Waals surface area (Å²) in [5, 5.41) is 30.0. The smallest absolute Gasteiger partial charge is 0.153 e. The van der Waals surface area contributed by atoms with Gasteiger partial charge in [0.05, 0.1) is 24.3 Å². The summed E-state index contributed by atoms with van der Waals surface area (Å²) < 4.78 is 12.9. The maximum atomic E-state index is 12.0. The highest BCUT2D eigenvalue weighted by Crippen LogP contribution is 2.48. The minimum Gasteiger partial charge on any atom is -0.507 e. The van der Waals surface area contributed by atoms with Gasteiger partial charge in [0.2, 0.25) is 0 Å². The molecule has 52 heavy (non-hydrogen) atoms. The van der Waals surface area contributed by atoms with E-state index < -0.39 is 0 Å². The number of unbranched alkanes of at least 4 members (excludes halogenated alkanes) is 1. The average Bonchev–Trinajstić information content (AvgIpc) is 3.19. The topological polar surface area (TPSA) is 93.1 Å². The van der Waals surface area contributed by atoms with Crippen LogP contribution in [0.25, 0.3) is 65.3 Å². The molecule has 0 saturated heterocycles. The second-order valence-corrected chi connectivity index (χ2v) is 12.8. The van der Waals surface area contributed by atoms with Crippen molar-refractivity contribution in [2.75, 3.05) is 13.2 Å². The average molecular weight is 683 g/mol. The van der Waals surface area contributed by atoms with Crippen molar-refractivity contribution in [2.45, 2.75) is 12.8 Å². The van der Waals surface area contributed by atoms with E-state index in [1.54, 1.807) is 12.1 Å². The van der Waals surface area contributed by atoms with Crippen molar-refractivity contribution >= 4 is 55.7 Å². The van der Waals surface area contributed by atoms with Gasteiger partial charge in [-0.3, -0.25) is 9.59 Å². The molecule has 0 fully saturated rings. The SMILES string of the molecule is O=Cc1cc2ccccc2c(-c2c(OCCCCOc3ccc4ccccc4c3-c3c(O)c(C=O)cc4ccccc34)ccc3ccccc23)c1O. The summed E-state index contributed by atoms with van der Waals surface area (Å²) in [5.41, 5.74) is 3.03. The first-order valence-electron chi connectivity index (χ1n) is 17.3. The fourth-order valence-corrected chi connectivity index (χ4v) is 7.23. The summed E-state index contributed by atoms with van der Waals surface area (Å²) in [4.78, 5) is 24.0. The zero-order valence-corrected chi connectivity index (χ0v) is 28.2. The third kappa shape index (κ3) is 5.74. The number of aldehydes is 2. The molecular weight excluding hydrogens is 649 g/mol. The highest BCUT2D eigenvalue weighted by molar-refractivity contribution is 6.13. The van der Waals surface area contributed by atoms with Crippen LogP contribution < -0.4 is 9.47 Å². The van der Waals surface area contributed by atoms with Crippen LogP contribution in [-0.2, 0) is 0 Å². The molecule has 2 N–H and O–H groups in total. The maximum absolute atomic E-state index is 12.0. The summed E-state index contributed by atoms with van der Waals surface area (Å²) in [6.07, 6.45) is 2.71. The van der Waals surface area contributed by atoms with Crippen molar-refractivity contribution in [3.8, 4) is 45.3 Å². The summed E-state index contributed by atoms with van der Waals surface area (Å²) in [6.45, 7) is 0.774. The van der Waals surface area contributed by atoms with Crippen LogP contribution in [0, 0.1) is 0 Å². The van der Waals surface area contributed by atoms with E-state index in [-0.39, 0.29) is 22.6 Å². The molecule has 0 unspecified atom stereocenters. The number of hydrogen-bond acceptors (Lipinski definition) is 6. The predicted octanol–water partition coefficient (Wildman–Crippen LogP) is 10.9. The van der Waals surface area contributed by atoms with Gasteiger partial charge in [0.25, 0.3) is 0 Å². The molecule has 0 bridgehead atoms. The van der Waals surface area contributed by atoms with Gasteiger partial charge in [-0.05, 0) is 80.2 Å². The quantitative estimate of drug-likeness (QED) is 0.104. The molecule has 0 atom stereocenters.